The summed E-state index contributed by atoms with van der Waals surface area (Å²) in [4.78, 5) is 23.7. The Labute approximate surface area is 186 Å². The number of rotatable bonds is 5. The van der Waals surface area contributed by atoms with Gasteiger partial charge in [0, 0.05) is 48.9 Å². The van der Waals surface area contributed by atoms with Crippen LogP contribution in [0.15, 0.2) is 17.3 Å². The van der Waals surface area contributed by atoms with E-state index in [1.807, 2.05) is 6.20 Å². The van der Waals surface area contributed by atoms with Crippen molar-refractivity contribution in [3.05, 3.63) is 23.4 Å². The van der Waals surface area contributed by atoms with Gasteiger partial charge in [-0.1, -0.05) is 19.3 Å². The zero-order valence-electron chi connectivity index (χ0n) is 18.3. The average molecular weight is 449 g/mol. The predicted octanol–water partition coefficient (Wildman–Crippen LogP) is 5.07. The normalized spacial score (nSPS) is 27.9. The molecule has 4 aliphatic rings. The summed E-state index contributed by atoms with van der Waals surface area (Å²) in [5.74, 6) is -0.308. The van der Waals surface area contributed by atoms with E-state index in [9.17, 15) is 18.0 Å². The molecule has 1 aromatic heterocycles. The molecule has 1 amide bonds. The lowest BCUT2D eigenvalue weighted by Crippen LogP contribution is -2.44. The molecule has 2 aliphatic carbocycles. The highest BCUT2D eigenvalue weighted by Crippen LogP contribution is 2.49. The van der Waals surface area contributed by atoms with Crippen LogP contribution in [-0.2, 0) is 4.79 Å². The molecule has 5 rings (SSSR count). The molecule has 0 radical (unpaired) electrons. The monoisotopic (exact) mass is 448 g/mol. The lowest BCUT2D eigenvalue weighted by molar-refractivity contribution is -0.188. The number of carbonyl (C=O) groups is 1. The molecular weight excluding hydrogens is 417 g/mol. The van der Waals surface area contributed by atoms with Gasteiger partial charge in [0.2, 0.25) is 5.91 Å². The first kappa shape index (κ1) is 21.7. The zero-order chi connectivity index (χ0) is 22.3. The van der Waals surface area contributed by atoms with Crippen molar-refractivity contribution in [2.45, 2.75) is 88.4 Å². The van der Waals surface area contributed by atoms with Gasteiger partial charge in [0.05, 0.1) is 12.0 Å². The first-order valence-electron chi connectivity index (χ1n) is 12.1. The third-order valence-electron chi connectivity index (χ3n) is 7.51. The number of amides is 1. The highest BCUT2D eigenvalue weighted by Gasteiger charge is 2.45. The Morgan fingerprint density at radius 1 is 1.16 bits per heavy atom. The first-order chi connectivity index (χ1) is 15.4. The summed E-state index contributed by atoms with van der Waals surface area (Å²) < 4.78 is 39.4. The fraction of sp³-hybridized carbons (Fsp3) is 0.708. The molecule has 1 N–H and O–H groups in total. The molecule has 8 heteroatoms. The number of likely N-dealkylation sites (tertiary alicyclic amines) is 1. The second-order valence-electron chi connectivity index (χ2n) is 9.81. The van der Waals surface area contributed by atoms with E-state index in [1.165, 1.54) is 29.7 Å². The van der Waals surface area contributed by atoms with Crippen molar-refractivity contribution in [3.8, 4) is 0 Å². The molecule has 3 heterocycles. The Morgan fingerprint density at radius 3 is 2.75 bits per heavy atom. The molecule has 32 heavy (non-hydrogen) atoms. The summed E-state index contributed by atoms with van der Waals surface area (Å²) in [6.45, 7) is 0.196. The molecule has 1 saturated heterocycles. The summed E-state index contributed by atoms with van der Waals surface area (Å²) in [5, 5.41) is 3.64. The largest absolute Gasteiger partial charge is 0.393 e. The summed E-state index contributed by atoms with van der Waals surface area (Å²) in [6.07, 6.45) is 5.81. The number of hydrogen-bond acceptors (Lipinski definition) is 4. The number of fused-ring (bicyclic) bond motifs is 3. The first-order valence-corrected chi connectivity index (χ1v) is 12.1. The van der Waals surface area contributed by atoms with Crippen LogP contribution in [0.4, 0.5) is 19.0 Å². The van der Waals surface area contributed by atoms with E-state index < -0.39 is 12.1 Å². The summed E-state index contributed by atoms with van der Waals surface area (Å²) in [6, 6.07) is 2.76. The Bertz CT molecular complexity index is 894. The Morgan fingerprint density at radius 2 is 1.97 bits per heavy atom. The Kier molecular flexibility index (Phi) is 5.88. The molecule has 174 valence electrons. The molecule has 0 aromatic carbocycles. The quantitative estimate of drug-likeness (QED) is 0.685. The van der Waals surface area contributed by atoms with Crippen molar-refractivity contribution >= 4 is 17.4 Å². The lowest BCUT2D eigenvalue weighted by Gasteiger charge is -2.34. The van der Waals surface area contributed by atoms with Gasteiger partial charge >= 0.3 is 6.18 Å². The maximum atomic E-state index is 13.1. The maximum absolute atomic E-state index is 13.1. The maximum Gasteiger partial charge on any atom is 0.393 e. The van der Waals surface area contributed by atoms with Crippen LogP contribution in [0.2, 0.25) is 0 Å². The van der Waals surface area contributed by atoms with Crippen LogP contribution in [0.5, 0.6) is 0 Å². The molecule has 3 atom stereocenters. The minimum absolute atomic E-state index is 0.109. The van der Waals surface area contributed by atoms with E-state index in [-0.39, 0.29) is 31.3 Å². The van der Waals surface area contributed by atoms with Crippen molar-refractivity contribution in [2.24, 2.45) is 10.9 Å². The number of anilines is 1. The lowest BCUT2D eigenvalue weighted by atomic mass is 9.92. The Balaban J connectivity index is 1.29. The van der Waals surface area contributed by atoms with Crippen molar-refractivity contribution < 1.29 is 18.0 Å². The van der Waals surface area contributed by atoms with Gasteiger partial charge in [-0.15, -0.1) is 0 Å². The number of nitrogens with zero attached hydrogens (tertiary/aromatic N) is 3. The average Bonchev–Trinajstić information content (AvgIpc) is 3.57. The van der Waals surface area contributed by atoms with E-state index in [0.29, 0.717) is 31.3 Å². The van der Waals surface area contributed by atoms with E-state index in [1.54, 1.807) is 0 Å². The van der Waals surface area contributed by atoms with Crippen LogP contribution in [-0.4, -0.2) is 52.9 Å². The number of pyridine rings is 1. The summed E-state index contributed by atoms with van der Waals surface area (Å²) in [5.41, 5.74) is 3.19. The second kappa shape index (κ2) is 8.67. The number of nitrogens with one attached hydrogen (secondary N) is 1. The number of halogens is 3. The van der Waals surface area contributed by atoms with Gasteiger partial charge in [-0.2, -0.15) is 13.2 Å². The van der Waals surface area contributed by atoms with Gasteiger partial charge in [-0.25, -0.2) is 4.98 Å². The third kappa shape index (κ3) is 4.50. The van der Waals surface area contributed by atoms with Crippen LogP contribution in [0.25, 0.3) is 0 Å². The zero-order valence-corrected chi connectivity index (χ0v) is 18.3. The van der Waals surface area contributed by atoms with Crippen LogP contribution in [0.1, 0.15) is 81.3 Å². The van der Waals surface area contributed by atoms with Crippen LogP contribution in [0.3, 0.4) is 0 Å². The molecule has 5 nitrogen and oxygen atoms in total. The number of aromatic nitrogens is 1. The fourth-order valence-electron chi connectivity index (χ4n) is 5.61. The third-order valence-corrected chi connectivity index (χ3v) is 7.51. The molecule has 1 aromatic rings. The van der Waals surface area contributed by atoms with Gasteiger partial charge in [0.15, 0.2) is 0 Å². The van der Waals surface area contributed by atoms with Crippen molar-refractivity contribution in [2.75, 3.05) is 18.4 Å². The molecular formula is C24H31F3N4O. The molecule has 3 unspecified atom stereocenters. The minimum Gasteiger partial charge on any atom is -0.367 e. The number of alkyl halides is 3. The van der Waals surface area contributed by atoms with Gasteiger partial charge in [-0.05, 0) is 50.2 Å². The minimum atomic E-state index is -4.24. The smallest absolute Gasteiger partial charge is 0.367 e. The summed E-state index contributed by atoms with van der Waals surface area (Å²) >= 11 is 0. The number of piperidine rings is 1. The second-order valence-corrected chi connectivity index (χ2v) is 9.81. The number of aliphatic imine (C=N–C) groups is 1. The van der Waals surface area contributed by atoms with E-state index >= 15 is 0 Å². The van der Waals surface area contributed by atoms with E-state index in [0.717, 1.165) is 36.4 Å². The topological polar surface area (TPSA) is 57.6 Å². The van der Waals surface area contributed by atoms with Gasteiger partial charge in [0.25, 0.3) is 0 Å². The Hall–Kier alpha value is -2.12. The standard InChI is InChI=1S/C24H31F3N4O/c25-24(26,27)15-5-4-12-31(14-15)21(32)9-8-19-22-17(18-13-20(18)30-19)10-11-28-23(22)29-16-6-2-1-3-7-16/h10-11,15-16,18,20H,1-9,12-14H2,(H,28,29). The predicted molar refractivity (Wildman–Crippen MR) is 117 cm³/mol. The fourth-order valence-corrected chi connectivity index (χ4v) is 5.61. The van der Waals surface area contributed by atoms with Gasteiger partial charge in [-0.3, -0.25) is 9.79 Å². The number of carbonyl (C=O) groups excluding carboxylic acids is 1. The highest BCUT2D eigenvalue weighted by molar-refractivity contribution is 6.08. The molecule has 0 bridgehead atoms. The van der Waals surface area contributed by atoms with E-state index in [2.05, 4.69) is 16.4 Å². The highest BCUT2D eigenvalue weighted by atomic mass is 19.4. The number of hydrogen-bond donors (Lipinski definition) is 1. The van der Waals surface area contributed by atoms with Crippen molar-refractivity contribution in [1.29, 1.82) is 0 Å². The van der Waals surface area contributed by atoms with Crippen LogP contribution >= 0.6 is 0 Å². The van der Waals surface area contributed by atoms with Crippen LogP contribution in [0, 0.1) is 5.92 Å². The SMILES string of the molecule is O=C(CCC1=NC2CC2c2ccnc(NC3CCCCC3)c21)N1CCCC(C(F)(F)F)C1. The van der Waals surface area contributed by atoms with Gasteiger partial charge < -0.3 is 10.2 Å². The van der Waals surface area contributed by atoms with E-state index in [4.69, 9.17) is 4.99 Å². The van der Waals surface area contributed by atoms with Crippen molar-refractivity contribution in [3.63, 3.8) is 0 Å². The molecule has 2 aliphatic heterocycles. The molecule has 3 fully saturated rings. The molecule has 0 spiro atoms. The molecule has 2 saturated carbocycles. The summed E-state index contributed by atoms with van der Waals surface area (Å²) in [7, 11) is 0. The van der Waals surface area contributed by atoms with Crippen molar-refractivity contribution in [1.82, 2.24) is 9.88 Å². The van der Waals surface area contributed by atoms with Crippen LogP contribution < -0.4 is 5.32 Å². The van der Waals surface area contributed by atoms with Gasteiger partial charge in [0.1, 0.15) is 5.82 Å².